The lowest BCUT2D eigenvalue weighted by Crippen LogP contribution is -2.30. The second kappa shape index (κ2) is 8.14. The van der Waals surface area contributed by atoms with Crippen molar-refractivity contribution >= 4 is 22.8 Å². The molecule has 29 heavy (non-hydrogen) atoms. The molecule has 1 atom stereocenters. The number of amides is 1. The summed E-state index contributed by atoms with van der Waals surface area (Å²) in [6.07, 6.45) is 0.369. The second-order valence-corrected chi connectivity index (χ2v) is 7.21. The highest BCUT2D eigenvalue weighted by Crippen LogP contribution is 2.38. The Bertz CT molecular complexity index is 1040. The molecule has 0 fully saturated rings. The zero-order valence-corrected chi connectivity index (χ0v) is 16.8. The van der Waals surface area contributed by atoms with Gasteiger partial charge < -0.3 is 14.4 Å². The fourth-order valence-electron chi connectivity index (χ4n) is 3.47. The van der Waals surface area contributed by atoms with Crippen molar-refractivity contribution in [3.8, 4) is 5.88 Å². The maximum atomic E-state index is 13.2. The zero-order valence-electron chi connectivity index (χ0n) is 16.8. The molecule has 0 aliphatic carbocycles. The van der Waals surface area contributed by atoms with Crippen LogP contribution in [0.3, 0.4) is 0 Å². The Morgan fingerprint density at radius 2 is 1.86 bits per heavy atom. The summed E-state index contributed by atoms with van der Waals surface area (Å²) in [6, 6.07) is 15.0. The normalized spacial score (nSPS) is 15.9. The van der Waals surface area contributed by atoms with Crippen LogP contribution in [0.25, 0.3) is 11.0 Å². The quantitative estimate of drug-likeness (QED) is 0.575. The van der Waals surface area contributed by atoms with E-state index in [1.807, 2.05) is 56.6 Å². The van der Waals surface area contributed by atoms with Crippen molar-refractivity contribution in [2.75, 3.05) is 39.3 Å². The fourth-order valence-corrected chi connectivity index (χ4v) is 3.47. The van der Waals surface area contributed by atoms with E-state index in [9.17, 15) is 4.79 Å². The molecule has 0 saturated heterocycles. The molecule has 3 aromatic rings. The monoisotopic (exact) mass is 392 g/mol. The SMILES string of the molecule is COc1ccc2ccc(N3C(=O)c4ccccc4C3OCCCN(C)C)nc2n1. The smallest absolute Gasteiger partial charge is 0.262 e. The lowest BCUT2D eigenvalue weighted by molar-refractivity contribution is 0.0479. The van der Waals surface area contributed by atoms with Crippen LogP contribution in [0, 0.1) is 0 Å². The van der Waals surface area contributed by atoms with Crippen molar-refractivity contribution in [1.82, 2.24) is 14.9 Å². The van der Waals surface area contributed by atoms with E-state index < -0.39 is 6.23 Å². The first-order valence-corrected chi connectivity index (χ1v) is 9.59. The third kappa shape index (κ3) is 3.79. The predicted molar refractivity (Wildman–Crippen MR) is 111 cm³/mol. The van der Waals surface area contributed by atoms with Gasteiger partial charge in [0.25, 0.3) is 5.91 Å². The van der Waals surface area contributed by atoms with E-state index in [2.05, 4.69) is 14.9 Å². The molecule has 0 bridgehead atoms. The first-order valence-electron chi connectivity index (χ1n) is 9.59. The molecule has 0 radical (unpaired) electrons. The third-order valence-electron chi connectivity index (χ3n) is 4.90. The Labute approximate surface area is 169 Å². The standard InChI is InChI=1S/C22H24N4O3/c1-25(2)13-6-14-29-22-17-8-5-4-7-16(17)21(27)26(22)18-11-9-15-10-12-19(28-3)24-20(15)23-18/h4-5,7-12,22H,6,13-14H2,1-3H3. The van der Waals surface area contributed by atoms with Gasteiger partial charge in [0.1, 0.15) is 5.82 Å². The minimum atomic E-state index is -0.503. The van der Waals surface area contributed by atoms with Gasteiger partial charge in [-0.1, -0.05) is 18.2 Å². The highest BCUT2D eigenvalue weighted by Gasteiger charge is 2.39. The Hall–Kier alpha value is -3.03. The van der Waals surface area contributed by atoms with Crippen molar-refractivity contribution in [1.29, 1.82) is 0 Å². The van der Waals surface area contributed by atoms with Gasteiger partial charge in [0.05, 0.1) is 13.7 Å². The molecule has 1 unspecified atom stereocenters. The number of benzene rings is 1. The Morgan fingerprint density at radius 1 is 1.07 bits per heavy atom. The summed E-state index contributed by atoms with van der Waals surface area (Å²) in [5, 5.41) is 0.877. The number of fused-ring (bicyclic) bond motifs is 2. The zero-order chi connectivity index (χ0) is 20.4. The molecular weight excluding hydrogens is 368 g/mol. The molecule has 150 valence electrons. The van der Waals surface area contributed by atoms with E-state index in [1.54, 1.807) is 18.1 Å². The molecule has 0 N–H and O–H groups in total. The van der Waals surface area contributed by atoms with Gasteiger partial charge in [-0.3, -0.25) is 9.69 Å². The summed E-state index contributed by atoms with van der Waals surface area (Å²) in [7, 11) is 5.62. The molecule has 2 aromatic heterocycles. The van der Waals surface area contributed by atoms with Gasteiger partial charge in [0, 0.05) is 22.6 Å². The van der Waals surface area contributed by atoms with Gasteiger partial charge in [-0.2, -0.15) is 4.98 Å². The first-order chi connectivity index (χ1) is 14.1. The largest absolute Gasteiger partial charge is 0.481 e. The number of hydrogen-bond acceptors (Lipinski definition) is 6. The number of carbonyl (C=O) groups is 1. The number of pyridine rings is 2. The molecule has 7 nitrogen and oxygen atoms in total. The number of carbonyl (C=O) groups excluding carboxylic acids is 1. The highest BCUT2D eigenvalue weighted by molar-refractivity contribution is 6.10. The second-order valence-electron chi connectivity index (χ2n) is 7.21. The molecule has 1 amide bonds. The molecule has 0 saturated carbocycles. The lowest BCUT2D eigenvalue weighted by atomic mass is 10.1. The van der Waals surface area contributed by atoms with Gasteiger partial charge in [-0.05, 0) is 51.3 Å². The summed E-state index contributed by atoms with van der Waals surface area (Å²) < 4.78 is 11.4. The van der Waals surface area contributed by atoms with Crippen LogP contribution < -0.4 is 9.64 Å². The van der Waals surface area contributed by atoms with Gasteiger partial charge in [0.2, 0.25) is 5.88 Å². The maximum Gasteiger partial charge on any atom is 0.262 e. The predicted octanol–water partition coefficient (Wildman–Crippen LogP) is 3.27. The van der Waals surface area contributed by atoms with Crippen LogP contribution in [0.15, 0.2) is 48.5 Å². The van der Waals surface area contributed by atoms with E-state index in [1.165, 1.54) is 0 Å². The summed E-state index contributed by atoms with van der Waals surface area (Å²) >= 11 is 0. The van der Waals surface area contributed by atoms with Crippen molar-refractivity contribution < 1.29 is 14.3 Å². The van der Waals surface area contributed by atoms with Gasteiger partial charge >= 0.3 is 0 Å². The van der Waals surface area contributed by atoms with Crippen LogP contribution in [0.5, 0.6) is 5.88 Å². The number of hydrogen-bond donors (Lipinski definition) is 0. The van der Waals surface area contributed by atoms with Gasteiger partial charge in [-0.15, -0.1) is 0 Å². The maximum absolute atomic E-state index is 13.2. The molecule has 1 aromatic carbocycles. The van der Waals surface area contributed by atoms with Crippen LogP contribution in [0.1, 0.15) is 28.6 Å². The molecular formula is C22H24N4O3. The minimum Gasteiger partial charge on any atom is -0.481 e. The van der Waals surface area contributed by atoms with E-state index in [-0.39, 0.29) is 5.91 Å². The summed E-state index contributed by atoms with van der Waals surface area (Å²) in [5.41, 5.74) is 2.03. The topological polar surface area (TPSA) is 67.8 Å². The first kappa shape index (κ1) is 19.3. The highest BCUT2D eigenvalue weighted by atomic mass is 16.5. The lowest BCUT2D eigenvalue weighted by Gasteiger charge is -2.25. The number of anilines is 1. The molecule has 4 rings (SSSR count). The Balaban J connectivity index is 1.68. The summed E-state index contributed by atoms with van der Waals surface area (Å²) in [5.74, 6) is 0.875. The van der Waals surface area contributed by atoms with Crippen LogP contribution in [0.2, 0.25) is 0 Å². The van der Waals surface area contributed by atoms with Crippen LogP contribution in [-0.4, -0.2) is 55.1 Å². The van der Waals surface area contributed by atoms with Crippen LogP contribution in [0.4, 0.5) is 5.82 Å². The molecule has 7 heteroatoms. The summed E-state index contributed by atoms with van der Waals surface area (Å²) in [6.45, 7) is 1.46. The molecule has 0 spiro atoms. The number of aromatic nitrogens is 2. The fraction of sp³-hybridized carbons (Fsp3) is 0.318. The summed E-state index contributed by atoms with van der Waals surface area (Å²) in [4.78, 5) is 25.9. The number of nitrogens with zero attached hydrogens (tertiary/aromatic N) is 4. The van der Waals surface area contributed by atoms with Crippen molar-refractivity contribution in [3.05, 3.63) is 59.7 Å². The number of ether oxygens (including phenoxy) is 2. The minimum absolute atomic E-state index is 0.118. The molecule has 3 heterocycles. The molecule has 1 aliphatic heterocycles. The van der Waals surface area contributed by atoms with E-state index in [4.69, 9.17) is 9.47 Å². The third-order valence-corrected chi connectivity index (χ3v) is 4.90. The van der Waals surface area contributed by atoms with Crippen LogP contribution in [-0.2, 0) is 4.74 Å². The average Bonchev–Trinajstić information content (AvgIpc) is 3.02. The van der Waals surface area contributed by atoms with E-state index >= 15 is 0 Å². The van der Waals surface area contributed by atoms with E-state index in [0.717, 1.165) is 23.9 Å². The van der Waals surface area contributed by atoms with Crippen molar-refractivity contribution in [2.24, 2.45) is 0 Å². The Morgan fingerprint density at radius 3 is 2.66 bits per heavy atom. The van der Waals surface area contributed by atoms with Crippen molar-refractivity contribution in [3.63, 3.8) is 0 Å². The van der Waals surface area contributed by atoms with Gasteiger partial charge in [-0.25, -0.2) is 4.98 Å². The Kier molecular flexibility index (Phi) is 5.42. The van der Waals surface area contributed by atoms with E-state index in [0.29, 0.717) is 29.5 Å². The van der Waals surface area contributed by atoms with Gasteiger partial charge in [0.15, 0.2) is 11.9 Å². The number of rotatable bonds is 7. The average molecular weight is 392 g/mol. The van der Waals surface area contributed by atoms with Crippen LogP contribution >= 0.6 is 0 Å². The molecule has 1 aliphatic rings. The van der Waals surface area contributed by atoms with Crippen molar-refractivity contribution in [2.45, 2.75) is 12.6 Å². The number of methoxy groups -OCH3 is 1.